The van der Waals surface area contributed by atoms with Crippen molar-refractivity contribution >= 4 is 12.0 Å². The number of esters is 1. The molecule has 0 aliphatic heterocycles. The number of allylic oxidation sites excluding steroid dienone is 1. The lowest BCUT2D eigenvalue weighted by molar-refractivity contribution is -0.157. The molecule has 26 heavy (non-hydrogen) atoms. The van der Waals surface area contributed by atoms with Crippen molar-refractivity contribution < 1.29 is 14.6 Å². The molecule has 0 amide bonds. The Morgan fingerprint density at radius 3 is 2.96 bits per heavy atom. The highest BCUT2D eigenvalue weighted by Gasteiger charge is 2.55. The van der Waals surface area contributed by atoms with E-state index in [1.54, 1.807) is 0 Å². The molecule has 0 heterocycles. The largest absolute Gasteiger partial charge is 0.508 e. The highest BCUT2D eigenvalue weighted by atomic mass is 16.5. The molecule has 1 aromatic rings. The summed E-state index contributed by atoms with van der Waals surface area (Å²) in [5, 5.41) is 9.77. The molecule has 3 aliphatic carbocycles. The first-order chi connectivity index (χ1) is 12.5. The lowest BCUT2D eigenvalue weighted by atomic mass is 9.57. The van der Waals surface area contributed by atoms with Crippen molar-refractivity contribution in [3.8, 4) is 5.75 Å². The Labute approximate surface area is 156 Å². The van der Waals surface area contributed by atoms with E-state index in [9.17, 15) is 9.90 Å². The number of unbranched alkanes of at least 4 members (excludes halogenated alkanes) is 1. The molecule has 140 valence electrons. The molecule has 0 unspecified atom stereocenters. The molecule has 1 N–H and O–H groups in total. The highest BCUT2D eigenvalue weighted by Crippen LogP contribution is 2.60. The number of ether oxygens (including phenoxy) is 1. The second kappa shape index (κ2) is 6.75. The predicted octanol–water partition coefficient (Wildman–Crippen LogP) is 5.43. The van der Waals surface area contributed by atoms with Crippen LogP contribution in [0.15, 0.2) is 24.3 Å². The van der Waals surface area contributed by atoms with Crippen LogP contribution < -0.4 is 0 Å². The summed E-state index contributed by atoms with van der Waals surface area (Å²) in [5.74, 6) is 1.95. The number of rotatable bonds is 4. The predicted molar refractivity (Wildman–Crippen MR) is 103 cm³/mol. The van der Waals surface area contributed by atoms with Crippen LogP contribution in [0.5, 0.6) is 5.75 Å². The van der Waals surface area contributed by atoms with Crippen molar-refractivity contribution in [2.45, 2.75) is 70.8 Å². The number of fused-ring (bicyclic) bond motifs is 5. The fourth-order valence-corrected chi connectivity index (χ4v) is 5.77. The van der Waals surface area contributed by atoms with E-state index >= 15 is 0 Å². The molecule has 3 nitrogen and oxygen atoms in total. The third kappa shape index (κ3) is 2.86. The molecule has 3 aliphatic rings. The van der Waals surface area contributed by atoms with E-state index in [0.717, 1.165) is 44.1 Å². The fraction of sp³-hybridized carbons (Fsp3) is 0.609. The molecule has 3 heteroatoms. The Balaban J connectivity index is 1.53. The summed E-state index contributed by atoms with van der Waals surface area (Å²) in [6.07, 6.45) is 11.5. The Morgan fingerprint density at radius 2 is 2.15 bits per heavy atom. The molecule has 0 saturated heterocycles. The first-order valence-electron chi connectivity index (χ1n) is 10.2. The van der Waals surface area contributed by atoms with Gasteiger partial charge in [0, 0.05) is 11.8 Å². The van der Waals surface area contributed by atoms with Gasteiger partial charge in [-0.05, 0) is 73.1 Å². The first kappa shape index (κ1) is 17.6. The minimum atomic E-state index is -0.0131. The quantitative estimate of drug-likeness (QED) is 0.733. The Morgan fingerprint density at radius 1 is 1.31 bits per heavy atom. The number of hydrogen-bond donors (Lipinski definition) is 1. The molecule has 4 rings (SSSR count). The van der Waals surface area contributed by atoms with Crippen molar-refractivity contribution in [2.75, 3.05) is 0 Å². The van der Waals surface area contributed by atoms with Crippen LogP contribution in [0.1, 0.15) is 75.8 Å². The number of aromatic hydroxyl groups is 1. The van der Waals surface area contributed by atoms with Gasteiger partial charge in [0.25, 0.3) is 0 Å². The molecule has 5 atom stereocenters. The maximum absolute atomic E-state index is 12.2. The number of hydrogen-bond acceptors (Lipinski definition) is 3. The van der Waals surface area contributed by atoms with Gasteiger partial charge in [-0.3, -0.25) is 4.79 Å². The van der Waals surface area contributed by atoms with Crippen molar-refractivity contribution in [3.05, 3.63) is 35.4 Å². The highest BCUT2D eigenvalue weighted by molar-refractivity contribution is 5.69. The summed E-state index contributed by atoms with van der Waals surface area (Å²) in [4.78, 5) is 12.2. The summed E-state index contributed by atoms with van der Waals surface area (Å²) in [7, 11) is 0. The van der Waals surface area contributed by atoms with E-state index in [0.29, 0.717) is 29.9 Å². The van der Waals surface area contributed by atoms with Gasteiger partial charge < -0.3 is 9.84 Å². The van der Waals surface area contributed by atoms with Crippen molar-refractivity contribution in [2.24, 2.45) is 17.3 Å². The van der Waals surface area contributed by atoms with Gasteiger partial charge in [0.05, 0.1) is 0 Å². The van der Waals surface area contributed by atoms with Gasteiger partial charge in [0.2, 0.25) is 0 Å². The average Bonchev–Trinajstić information content (AvgIpc) is 2.96. The SMILES string of the molecule is CCCCC(=O)O[C@@H]1CC[C@@H]2[C@H]3C=Cc4cc(O)ccc4[C@@H]3CC[C@]21C. The van der Waals surface area contributed by atoms with Gasteiger partial charge in [0.1, 0.15) is 11.9 Å². The summed E-state index contributed by atoms with van der Waals surface area (Å²) in [6, 6.07) is 5.80. The van der Waals surface area contributed by atoms with Gasteiger partial charge in [-0.25, -0.2) is 0 Å². The van der Waals surface area contributed by atoms with Crippen molar-refractivity contribution in [1.29, 1.82) is 0 Å². The zero-order chi connectivity index (χ0) is 18.3. The van der Waals surface area contributed by atoms with Crippen LogP contribution in [0.25, 0.3) is 6.08 Å². The molecule has 0 spiro atoms. The monoisotopic (exact) mass is 354 g/mol. The lowest BCUT2D eigenvalue weighted by Gasteiger charge is -2.48. The van der Waals surface area contributed by atoms with Crippen LogP contribution >= 0.6 is 0 Å². The third-order valence-electron chi connectivity index (χ3n) is 7.22. The van der Waals surface area contributed by atoms with Gasteiger partial charge in [0.15, 0.2) is 0 Å². The van der Waals surface area contributed by atoms with Crippen LogP contribution in [0.2, 0.25) is 0 Å². The topological polar surface area (TPSA) is 46.5 Å². The van der Waals surface area contributed by atoms with Gasteiger partial charge in [-0.1, -0.05) is 38.5 Å². The standard InChI is InChI=1S/C23H30O3/c1-3-4-5-22(25)26-21-11-10-20-19-8-6-15-14-16(24)7-9-17(15)18(19)12-13-23(20,21)2/h6-9,14,18-21,24H,3-5,10-13H2,1-2H3/t18-,19-,20+,21+,23+/m0/s1. The second-order valence-electron chi connectivity index (χ2n) is 8.67. The van der Waals surface area contributed by atoms with E-state index < -0.39 is 0 Å². The van der Waals surface area contributed by atoms with E-state index in [1.807, 2.05) is 12.1 Å². The molecule has 2 saturated carbocycles. The fourth-order valence-electron chi connectivity index (χ4n) is 5.77. The zero-order valence-electron chi connectivity index (χ0n) is 15.9. The minimum absolute atomic E-state index is 0.0131. The maximum atomic E-state index is 12.2. The number of benzene rings is 1. The minimum Gasteiger partial charge on any atom is -0.508 e. The Kier molecular flexibility index (Phi) is 4.58. The summed E-state index contributed by atoms with van der Waals surface area (Å²) >= 11 is 0. The second-order valence-corrected chi connectivity index (χ2v) is 8.67. The van der Waals surface area contributed by atoms with E-state index in [1.165, 1.54) is 5.56 Å². The number of phenols is 1. The van der Waals surface area contributed by atoms with Gasteiger partial charge in [-0.15, -0.1) is 0 Å². The normalized spacial score (nSPS) is 34.7. The smallest absolute Gasteiger partial charge is 0.306 e. The average molecular weight is 354 g/mol. The molecular weight excluding hydrogens is 324 g/mol. The lowest BCUT2D eigenvalue weighted by Crippen LogP contribution is -2.44. The molecular formula is C23H30O3. The van der Waals surface area contributed by atoms with E-state index in [2.05, 4.69) is 32.1 Å². The first-order valence-corrected chi connectivity index (χ1v) is 10.2. The zero-order valence-corrected chi connectivity index (χ0v) is 15.9. The molecule has 1 aromatic carbocycles. The number of phenolic OH excluding ortho intramolecular Hbond substituents is 1. The van der Waals surface area contributed by atoms with Crippen LogP contribution in [0.4, 0.5) is 0 Å². The van der Waals surface area contributed by atoms with Crippen LogP contribution in [-0.4, -0.2) is 17.2 Å². The third-order valence-corrected chi connectivity index (χ3v) is 7.22. The van der Waals surface area contributed by atoms with Gasteiger partial charge >= 0.3 is 5.97 Å². The summed E-state index contributed by atoms with van der Waals surface area (Å²) in [5.41, 5.74) is 2.64. The maximum Gasteiger partial charge on any atom is 0.306 e. The molecule has 0 radical (unpaired) electrons. The van der Waals surface area contributed by atoms with E-state index in [-0.39, 0.29) is 17.5 Å². The van der Waals surface area contributed by atoms with Gasteiger partial charge in [-0.2, -0.15) is 0 Å². The van der Waals surface area contributed by atoms with Crippen molar-refractivity contribution in [3.63, 3.8) is 0 Å². The number of carbonyl (C=O) groups is 1. The van der Waals surface area contributed by atoms with Crippen LogP contribution in [-0.2, 0) is 9.53 Å². The van der Waals surface area contributed by atoms with E-state index in [4.69, 9.17) is 4.74 Å². The summed E-state index contributed by atoms with van der Waals surface area (Å²) in [6.45, 7) is 4.45. The molecule has 0 aromatic heterocycles. The Bertz CT molecular complexity index is 722. The van der Waals surface area contributed by atoms with Crippen LogP contribution in [0, 0.1) is 17.3 Å². The Hall–Kier alpha value is -1.77. The molecule has 0 bridgehead atoms. The van der Waals surface area contributed by atoms with Crippen LogP contribution in [0.3, 0.4) is 0 Å². The van der Waals surface area contributed by atoms with Crippen molar-refractivity contribution in [1.82, 2.24) is 0 Å². The molecule has 2 fully saturated rings. The summed E-state index contributed by atoms with van der Waals surface area (Å²) < 4.78 is 5.95. The number of carbonyl (C=O) groups excluding carboxylic acids is 1.